The lowest BCUT2D eigenvalue weighted by atomic mass is 9.85. The number of halogens is 1. The highest BCUT2D eigenvalue weighted by molar-refractivity contribution is 14.1. The minimum Gasteiger partial charge on any atom is -0.490 e. The third-order valence-electron chi connectivity index (χ3n) is 5.45. The van der Waals surface area contributed by atoms with Crippen molar-refractivity contribution in [3.05, 3.63) is 33.4 Å². The fourth-order valence-electron chi connectivity index (χ4n) is 4.40. The van der Waals surface area contributed by atoms with E-state index in [4.69, 9.17) is 9.47 Å². The van der Waals surface area contributed by atoms with Gasteiger partial charge in [0.1, 0.15) is 0 Å². The zero-order valence-corrected chi connectivity index (χ0v) is 18.3. The van der Waals surface area contributed by atoms with Crippen LogP contribution in [0.3, 0.4) is 0 Å². The van der Waals surface area contributed by atoms with Crippen molar-refractivity contribution in [1.29, 1.82) is 0 Å². The molecule has 0 N–H and O–H groups in total. The van der Waals surface area contributed by atoms with Gasteiger partial charge in [-0.15, -0.1) is 0 Å². The Bertz CT molecular complexity index is 849. The molecule has 0 unspecified atom stereocenters. The zero-order chi connectivity index (χ0) is 20.0. The third-order valence-corrected chi connectivity index (χ3v) is 6.26. The SMILES string of the molecule is CCOc1cc(C=NN2C(=O)[C@@H]3[C@H](C2=O)[C@H]2C=C[C@H]3C2)cc(I)c1OC(C)C. The summed E-state index contributed by atoms with van der Waals surface area (Å²) in [7, 11) is 0. The van der Waals surface area contributed by atoms with E-state index in [2.05, 4.69) is 39.8 Å². The molecule has 1 aromatic carbocycles. The van der Waals surface area contributed by atoms with Gasteiger partial charge in [0.05, 0.1) is 34.3 Å². The molecule has 1 aromatic rings. The van der Waals surface area contributed by atoms with E-state index in [1.165, 1.54) is 0 Å². The number of ether oxygens (including phenoxy) is 2. The zero-order valence-electron chi connectivity index (χ0n) is 16.1. The lowest BCUT2D eigenvalue weighted by molar-refractivity contribution is -0.140. The number of benzene rings is 1. The van der Waals surface area contributed by atoms with Crippen LogP contribution in [0.4, 0.5) is 0 Å². The molecule has 1 saturated heterocycles. The standard InChI is InChI=1S/C21H23IN2O4/c1-4-27-16-8-12(7-15(22)19(16)28-11(2)3)10-23-24-20(25)17-13-5-6-14(9-13)18(17)21(24)26/h5-8,10-11,13-14,17-18H,4,9H2,1-3H3/t13-,14-,17-,18+/m0/s1. The summed E-state index contributed by atoms with van der Waals surface area (Å²) in [5, 5.41) is 5.31. The second-order valence-electron chi connectivity index (χ2n) is 7.66. The molecule has 1 saturated carbocycles. The van der Waals surface area contributed by atoms with Gasteiger partial charge >= 0.3 is 0 Å². The fourth-order valence-corrected chi connectivity index (χ4v) is 5.15. The number of carbonyl (C=O) groups is 2. The molecule has 4 rings (SSSR count). The van der Waals surface area contributed by atoms with Gasteiger partial charge in [0.25, 0.3) is 11.8 Å². The second-order valence-corrected chi connectivity index (χ2v) is 8.82. The summed E-state index contributed by atoms with van der Waals surface area (Å²) in [6, 6.07) is 3.73. The van der Waals surface area contributed by atoms with E-state index in [9.17, 15) is 9.59 Å². The van der Waals surface area contributed by atoms with Crippen LogP contribution in [-0.4, -0.2) is 35.7 Å². The molecule has 2 aliphatic carbocycles. The molecule has 7 heteroatoms. The molecular formula is C21H23IN2O4. The smallest absolute Gasteiger partial charge is 0.254 e. The molecule has 6 nitrogen and oxygen atoms in total. The highest BCUT2D eigenvalue weighted by atomic mass is 127. The molecule has 1 aliphatic heterocycles. The van der Waals surface area contributed by atoms with Crippen LogP contribution in [0.2, 0.25) is 0 Å². The van der Waals surface area contributed by atoms with Crippen LogP contribution < -0.4 is 9.47 Å². The number of amides is 2. The predicted octanol–water partition coefficient (Wildman–Crippen LogP) is 3.62. The first-order chi connectivity index (χ1) is 13.4. The van der Waals surface area contributed by atoms with E-state index in [1.807, 2.05) is 32.9 Å². The van der Waals surface area contributed by atoms with Crippen molar-refractivity contribution >= 4 is 40.6 Å². The topological polar surface area (TPSA) is 68.2 Å². The molecule has 148 valence electrons. The van der Waals surface area contributed by atoms with Crippen molar-refractivity contribution in [3.8, 4) is 11.5 Å². The minimum atomic E-state index is -0.236. The molecule has 2 amide bonds. The van der Waals surface area contributed by atoms with Crippen LogP contribution >= 0.6 is 22.6 Å². The third kappa shape index (κ3) is 3.23. The van der Waals surface area contributed by atoms with E-state index < -0.39 is 0 Å². The first-order valence-corrected chi connectivity index (χ1v) is 10.7. The van der Waals surface area contributed by atoms with Crippen LogP contribution in [-0.2, 0) is 9.59 Å². The van der Waals surface area contributed by atoms with E-state index in [-0.39, 0.29) is 41.6 Å². The van der Waals surface area contributed by atoms with Gasteiger partial charge in [-0.3, -0.25) is 9.59 Å². The number of carbonyl (C=O) groups excluding carboxylic acids is 2. The summed E-state index contributed by atoms with van der Waals surface area (Å²) in [4.78, 5) is 25.5. The number of hydrogen-bond acceptors (Lipinski definition) is 5. The van der Waals surface area contributed by atoms with Crippen molar-refractivity contribution < 1.29 is 19.1 Å². The van der Waals surface area contributed by atoms with Crippen LogP contribution in [0.1, 0.15) is 32.8 Å². The van der Waals surface area contributed by atoms with Gasteiger partial charge in [0.15, 0.2) is 11.5 Å². The lowest BCUT2D eigenvalue weighted by Crippen LogP contribution is -2.28. The number of imide groups is 1. The van der Waals surface area contributed by atoms with Gasteiger partial charge in [-0.1, -0.05) is 12.2 Å². The Labute approximate surface area is 178 Å². The van der Waals surface area contributed by atoms with E-state index >= 15 is 0 Å². The summed E-state index contributed by atoms with van der Waals surface area (Å²) >= 11 is 2.19. The van der Waals surface area contributed by atoms with E-state index in [0.29, 0.717) is 18.1 Å². The second kappa shape index (κ2) is 7.50. The Morgan fingerprint density at radius 3 is 2.43 bits per heavy atom. The molecular weight excluding hydrogens is 471 g/mol. The Hall–Kier alpha value is -1.90. The average Bonchev–Trinajstić information content (AvgIpc) is 3.31. The summed E-state index contributed by atoms with van der Waals surface area (Å²) in [6.45, 7) is 6.35. The molecule has 3 aliphatic rings. The summed E-state index contributed by atoms with van der Waals surface area (Å²) in [6.07, 6.45) is 6.65. The summed E-state index contributed by atoms with van der Waals surface area (Å²) in [5.41, 5.74) is 0.753. The molecule has 0 aromatic heterocycles. The number of rotatable bonds is 6. The quantitative estimate of drug-likeness (QED) is 0.262. The molecule has 0 spiro atoms. The maximum absolute atomic E-state index is 12.7. The molecule has 2 bridgehead atoms. The molecule has 0 radical (unpaired) electrons. The van der Waals surface area contributed by atoms with Crippen LogP contribution in [0, 0.1) is 27.2 Å². The van der Waals surface area contributed by atoms with Crippen molar-refractivity contribution in [1.82, 2.24) is 5.01 Å². The van der Waals surface area contributed by atoms with Gasteiger partial charge in [0.2, 0.25) is 0 Å². The van der Waals surface area contributed by atoms with Gasteiger partial charge in [-0.2, -0.15) is 10.1 Å². The maximum atomic E-state index is 12.7. The highest BCUT2D eigenvalue weighted by Crippen LogP contribution is 2.52. The Morgan fingerprint density at radius 1 is 1.21 bits per heavy atom. The van der Waals surface area contributed by atoms with Gasteiger partial charge < -0.3 is 9.47 Å². The monoisotopic (exact) mass is 494 g/mol. The number of hydrogen-bond donors (Lipinski definition) is 0. The molecule has 4 atom stereocenters. The van der Waals surface area contributed by atoms with Gasteiger partial charge in [0, 0.05) is 0 Å². The lowest BCUT2D eigenvalue weighted by Gasteiger charge is -2.17. The number of allylic oxidation sites excluding steroid dienone is 2. The van der Waals surface area contributed by atoms with Crippen LogP contribution in [0.5, 0.6) is 11.5 Å². The largest absolute Gasteiger partial charge is 0.490 e. The van der Waals surface area contributed by atoms with Crippen molar-refractivity contribution in [3.63, 3.8) is 0 Å². The van der Waals surface area contributed by atoms with Crippen LogP contribution in [0.15, 0.2) is 29.4 Å². The maximum Gasteiger partial charge on any atom is 0.254 e. The number of nitrogens with zero attached hydrogens (tertiary/aromatic N) is 2. The van der Waals surface area contributed by atoms with Gasteiger partial charge in [-0.05, 0) is 79.3 Å². The van der Waals surface area contributed by atoms with Crippen molar-refractivity contribution in [2.45, 2.75) is 33.3 Å². The molecule has 28 heavy (non-hydrogen) atoms. The van der Waals surface area contributed by atoms with Crippen molar-refractivity contribution in [2.24, 2.45) is 28.8 Å². The van der Waals surface area contributed by atoms with E-state index in [0.717, 1.165) is 20.6 Å². The number of hydrazone groups is 1. The number of fused-ring (bicyclic) bond motifs is 5. The fraction of sp³-hybridized carbons (Fsp3) is 0.476. The summed E-state index contributed by atoms with van der Waals surface area (Å²) in [5.74, 6) is 0.864. The van der Waals surface area contributed by atoms with Gasteiger partial charge in [-0.25, -0.2) is 0 Å². The Morgan fingerprint density at radius 2 is 1.86 bits per heavy atom. The Kier molecular flexibility index (Phi) is 5.20. The molecule has 1 heterocycles. The average molecular weight is 494 g/mol. The molecule has 2 fully saturated rings. The predicted molar refractivity (Wildman–Crippen MR) is 113 cm³/mol. The highest BCUT2D eigenvalue weighted by Gasteiger charge is 2.59. The first kappa shape index (κ1) is 19.4. The summed E-state index contributed by atoms with van der Waals surface area (Å²) < 4.78 is 12.5. The normalized spacial score (nSPS) is 28.1. The van der Waals surface area contributed by atoms with Crippen LogP contribution in [0.25, 0.3) is 0 Å². The van der Waals surface area contributed by atoms with E-state index in [1.54, 1.807) is 6.21 Å². The minimum absolute atomic E-state index is 0.0236. The first-order valence-electron chi connectivity index (χ1n) is 9.63. The van der Waals surface area contributed by atoms with Crippen molar-refractivity contribution in [2.75, 3.05) is 6.61 Å². The Balaban J connectivity index is 1.58.